The van der Waals surface area contributed by atoms with Crippen molar-refractivity contribution in [2.24, 2.45) is 23.2 Å². The number of carbonyl (C=O) groups excluding carboxylic acids is 1. The fraction of sp³-hybridized carbons (Fsp3) is 0.857. The number of hydrogen-bond acceptors (Lipinski definition) is 3. The fourth-order valence-corrected chi connectivity index (χ4v) is 6.39. The van der Waals surface area contributed by atoms with Crippen LogP contribution in [0.5, 0.6) is 0 Å². The van der Waals surface area contributed by atoms with Gasteiger partial charge in [-0.2, -0.15) is 0 Å². The molecule has 1 aliphatic heterocycles. The third-order valence-corrected chi connectivity index (χ3v) is 7.46. The molecule has 4 bridgehead atoms. The van der Waals surface area contributed by atoms with Gasteiger partial charge in [0.25, 0.3) is 0 Å². The van der Waals surface area contributed by atoms with Crippen LogP contribution in [0.4, 0.5) is 0 Å². The molecule has 5 aliphatic rings. The number of hydrogen-bond donors (Lipinski definition) is 1. The second kappa shape index (κ2) is 7.03. The molecule has 4 aliphatic carbocycles. The minimum Gasteiger partial charge on any atom is -0.379 e. The first-order valence-electron chi connectivity index (χ1n) is 10.3. The minimum absolute atomic E-state index is 0.105. The summed E-state index contributed by atoms with van der Waals surface area (Å²) < 4.78 is 5.41. The van der Waals surface area contributed by atoms with Crippen LogP contribution in [0.2, 0.25) is 0 Å². The minimum atomic E-state index is 0.105. The number of rotatable bonds is 5. The molecule has 5 fully saturated rings. The quantitative estimate of drug-likeness (QED) is 0.778. The Morgan fingerprint density at radius 3 is 2.28 bits per heavy atom. The van der Waals surface area contributed by atoms with Gasteiger partial charge in [0.15, 0.2) is 0 Å². The van der Waals surface area contributed by atoms with Gasteiger partial charge < -0.3 is 10.1 Å². The summed E-state index contributed by atoms with van der Waals surface area (Å²) in [5.41, 5.74) is 1.70. The lowest BCUT2D eigenvalue weighted by atomic mass is 9.48. The van der Waals surface area contributed by atoms with Crippen LogP contribution in [0, 0.1) is 23.2 Å². The van der Waals surface area contributed by atoms with Gasteiger partial charge in [-0.05, 0) is 75.5 Å². The molecule has 1 heterocycles. The van der Waals surface area contributed by atoms with Crippen molar-refractivity contribution in [3.8, 4) is 0 Å². The first-order valence-corrected chi connectivity index (χ1v) is 10.3. The molecule has 140 valence electrons. The first-order chi connectivity index (χ1) is 12.0. The van der Waals surface area contributed by atoms with E-state index in [1.807, 2.05) is 6.08 Å². The summed E-state index contributed by atoms with van der Waals surface area (Å²) in [7, 11) is 0. The molecular formula is C21H34N2O2. The van der Waals surface area contributed by atoms with E-state index in [2.05, 4.69) is 24.1 Å². The van der Waals surface area contributed by atoms with E-state index in [1.165, 1.54) is 44.1 Å². The zero-order valence-corrected chi connectivity index (χ0v) is 15.9. The molecular weight excluding hydrogens is 312 g/mol. The van der Waals surface area contributed by atoms with E-state index in [1.54, 1.807) is 0 Å². The molecule has 0 aromatic carbocycles. The zero-order chi connectivity index (χ0) is 17.4. The van der Waals surface area contributed by atoms with Crippen molar-refractivity contribution in [1.82, 2.24) is 10.2 Å². The number of carbonyl (C=O) groups is 1. The molecule has 4 nitrogen and oxygen atoms in total. The van der Waals surface area contributed by atoms with Crippen LogP contribution < -0.4 is 5.32 Å². The van der Waals surface area contributed by atoms with Gasteiger partial charge in [-0.25, -0.2) is 0 Å². The van der Waals surface area contributed by atoms with E-state index in [9.17, 15) is 4.79 Å². The van der Waals surface area contributed by atoms with E-state index < -0.39 is 0 Å². The van der Waals surface area contributed by atoms with E-state index in [4.69, 9.17) is 4.74 Å². The second-order valence-electron chi connectivity index (χ2n) is 9.27. The van der Waals surface area contributed by atoms with E-state index in [-0.39, 0.29) is 5.91 Å². The highest BCUT2D eigenvalue weighted by atomic mass is 16.5. The van der Waals surface area contributed by atoms with Crippen LogP contribution >= 0.6 is 0 Å². The third kappa shape index (κ3) is 3.66. The average Bonchev–Trinajstić information content (AvgIpc) is 2.59. The Morgan fingerprint density at radius 1 is 1.16 bits per heavy atom. The first kappa shape index (κ1) is 17.5. The Hall–Kier alpha value is -0.870. The summed E-state index contributed by atoms with van der Waals surface area (Å²) in [5, 5.41) is 3.14. The van der Waals surface area contributed by atoms with Crippen molar-refractivity contribution in [1.29, 1.82) is 0 Å². The van der Waals surface area contributed by atoms with Gasteiger partial charge in [0.1, 0.15) is 0 Å². The molecule has 0 spiro atoms. The van der Waals surface area contributed by atoms with Crippen LogP contribution in [0.1, 0.15) is 52.4 Å². The fourth-order valence-electron chi connectivity index (χ4n) is 6.39. The molecule has 25 heavy (non-hydrogen) atoms. The second-order valence-corrected chi connectivity index (χ2v) is 9.27. The molecule has 0 unspecified atom stereocenters. The van der Waals surface area contributed by atoms with E-state index >= 15 is 0 Å². The molecule has 1 atom stereocenters. The Kier molecular flexibility index (Phi) is 4.93. The molecule has 4 saturated carbocycles. The van der Waals surface area contributed by atoms with Crippen LogP contribution in [-0.2, 0) is 9.53 Å². The van der Waals surface area contributed by atoms with Gasteiger partial charge >= 0.3 is 0 Å². The lowest BCUT2D eigenvalue weighted by molar-refractivity contribution is -0.117. The predicted octanol–water partition coefficient (Wildman–Crippen LogP) is 2.99. The monoisotopic (exact) mass is 346 g/mol. The molecule has 1 N–H and O–H groups in total. The lowest BCUT2D eigenvalue weighted by Gasteiger charge is -2.57. The van der Waals surface area contributed by atoms with Crippen molar-refractivity contribution in [3.63, 3.8) is 0 Å². The lowest BCUT2D eigenvalue weighted by Crippen LogP contribution is -2.48. The largest absolute Gasteiger partial charge is 0.379 e. The van der Waals surface area contributed by atoms with Crippen LogP contribution in [0.15, 0.2) is 11.6 Å². The van der Waals surface area contributed by atoms with Crippen molar-refractivity contribution < 1.29 is 9.53 Å². The number of ether oxygens (including phenoxy) is 1. The number of nitrogens with zero attached hydrogens (tertiary/aromatic N) is 1. The van der Waals surface area contributed by atoms with Crippen LogP contribution in [-0.4, -0.2) is 49.7 Å². The summed E-state index contributed by atoms with van der Waals surface area (Å²) in [6.45, 7) is 8.70. The SMILES string of the molecule is C/C(=C/C(=O)NC[C@@H](C)N1CCOCC1)C12CC3CC(CC(C3)C1)C2. The van der Waals surface area contributed by atoms with Crippen molar-refractivity contribution in [3.05, 3.63) is 11.6 Å². The summed E-state index contributed by atoms with van der Waals surface area (Å²) in [4.78, 5) is 14.9. The molecule has 0 aromatic heterocycles. The van der Waals surface area contributed by atoms with E-state index in [0.29, 0.717) is 11.5 Å². The third-order valence-electron chi connectivity index (χ3n) is 7.46. The van der Waals surface area contributed by atoms with Gasteiger partial charge in [-0.1, -0.05) is 5.57 Å². The molecule has 1 saturated heterocycles. The Balaban J connectivity index is 1.33. The van der Waals surface area contributed by atoms with Crippen molar-refractivity contribution in [2.45, 2.75) is 58.4 Å². The van der Waals surface area contributed by atoms with Crippen molar-refractivity contribution >= 4 is 5.91 Å². The maximum atomic E-state index is 12.5. The smallest absolute Gasteiger partial charge is 0.243 e. The van der Waals surface area contributed by atoms with Crippen LogP contribution in [0.25, 0.3) is 0 Å². The predicted molar refractivity (Wildman–Crippen MR) is 99.2 cm³/mol. The topological polar surface area (TPSA) is 41.6 Å². The normalized spacial score (nSPS) is 39.4. The summed E-state index contributed by atoms with van der Waals surface area (Å²) in [6, 6.07) is 0.376. The molecule has 4 heteroatoms. The van der Waals surface area contributed by atoms with Gasteiger partial charge in [0, 0.05) is 31.8 Å². The highest BCUT2D eigenvalue weighted by Gasteiger charge is 2.51. The number of amides is 1. The Morgan fingerprint density at radius 2 is 1.72 bits per heavy atom. The molecule has 0 aromatic rings. The van der Waals surface area contributed by atoms with E-state index in [0.717, 1.165) is 50.6 Å². The van der Waals surface area contributed by atoms with Gasteiger partial charge in [-0.3, -0.25) is 9.69 Å². The maximum absolute atomic E-state index is 12.5. The summed E-state index contributed by atoms with van der Waals surface area (Å²) in [5.74, 6) is 2.89. The zero-order valence-electron chi connectivity index (χ0n) is 15.9. The van der Waals surface area contributed by atoms with Gasteiger partial charge in [0.05, 0.1) is 13.2 Å². The highest BCUT2D eigenvalue weighted by Crippen LogP contribution is 2.62. The summed E-state index contributed by atoms with van der Waals surface area (Å²) in [6.07, 6.45) is 10.3. The number of allylic oxidation sites excluding steroid dienone is 1. The standard InChI is InChI=1S/C21H34N2O2/c1-15(21-11-17-8-18(12-21)10-19(9-17)13-21)7-20(24)22-14-16(2)23-3-5-25-6-4-23/h7,16-19H,3-6,8-14H2,1-2H3,(H,22,24)/b15-7-/t16-,17?,18?,19?,21?/m1/s1. The van der Waals surface area contributed by atoms with Gasteiger partial charge in [0.2, 0.25) is 5.91 Å². The number of nitrogens with one attached hydrogen (secondary N) is 1. The molecule has 1 amide bonds. The van der Waals surface area contributed by atoms with Crippen LogP contribution in [0.3, 0.4) is 0 Å². The summed E-state index contributed by atoms with van der Waals surface area (Å²) >= 11 is 0. The molecule has 0 radical (unpaired) electrons. The Bertz CT molecular complexity index is 501. The Labute approximate surface area is 152 Å². The molecule has 5 rings (SSSR count). The number of morpholine rings is 1. The average molecular weight is 347 g/mol. The highest BCUT2D eigenvalue weighted by molar-refractivity contribution is 5.88. The maximum Gasteiger partial charge on any atom is 0.243 e. The van der Waals surface area contributed by atoms with Crippen molar-refractivity contribution in [2.75, 3.05) is 32.8 Å². The van der Waals surface area contributed by atoms with Gasteiger partial charge in [-0.15, -0.1) is 0 Å².